The molecule has 7 nitrogen and oxygen atoms in total. The van der Waals surface area contributed by atoms with Crippen molar-refractivity contribution in [3.63, 3.8) is 0 Å². The molecular formula is C25H29ClFN3O4. The first-order valence-corrected chi connectivity index (χ1v) is 11.8. The molecule has 2 heterocycles. The SMILES string of the molecule is COc1ccc(C2CCCN2C(=O)CN2CCN(C(=O)c3ccc(F)cc3Cl)CC2)c(OC)c1. The van der Waals surface area contributed by atoms with Crippen molar-refractivity contribution in [2.75, 3.05) is 53.5 Å². The van der Waals surface area contributed by atoms with Crippen molar-refractivity contribution in [1.29, 1.82) is 0 Å². The summed E-state index contributed by atoms with van der Waals surface area (Å²) in [6.45, 7) is 3.14. The Morgan fingerprint density at radius 1 is 1.03 bits per heavy atom. The van der Waals surface area contributed by atoms with Gasteiger partial charge < -0.3 is 19.3 Å². The summed E-state index contributed by atoms with van der Waals surface area (Å²) in [5.74, 6) is 0.808. The van der Waals surface area contributed by atoms with Gasteiger partial charge in [-0.1, -0.05) is 11.6 Å². The molecule has 0 aliphatic carbocycles. The normalized spacial score (nSPS) is 18.8. The Bertz CT molecular complexity index is 1060. The molecule has 2 aliphatic rings. The number of halogens is 2. The van der Waals surface area contributed by atoms with Gasteiger partial charge in [-0.25, -0.2) is 4.39 Å². The van der Waals surface area contributed by atoms with E-state index in [4.69, 9.17) is 21.1 Å². The van der Waals surface area contributed by atoms with E-state index in [2.05, 4.69) is 4.90 Å². The molecule has 0 saturated carbocycles. The minimum absolute atomic E-state index is 0.0307. The molecule has 0 bridgehead atoms. The Morgan fingerprint density at radius 2 is 1.79 bits per heavy atom. The Balaban J connectivity index is 1.36. The number of hydrogen-bond acceptors (Lipinski definition) is 5. The molecule has 2 aliphatic heterocycles. The molecule has 0 N–H and O–H groups in total. The number of rotatable bonds is 6. The number of amides is 2. The Hall–Kier alpha value is -2.84. The van der Waals surface area contributed by atoms with E-state index in [1.54, 1.807) is 19.1 Å². The van der Waals surface area contributed by atoms with Crippen LogP contribution in [-0.2, 0) is 4.79 Å². The lowest BCUT2D eigenvalue weighted by Gasteiger charge is -2.36. The minimum Gasteiger partial charge on any atom is -0.497 e. The van der Waals surface area contributed by atoms with Gasteiger partial charge in [0.15, 0.2) is 0 Å². The van der Waals surface area contributed by atoms with Crippen molar-refractivity contribution in [1.82, 2.24) is 14.7 Å². The lowest BCUT2D eigenvalue weighted by atomic mass is 10.0. The Morgan fingerprint density at radius 3 is 2.47 bits per heavy atom. The molecule has 9 heteroatoms. The number of hydrogen-bond donors (Lipinski definition) is 0. The highest BCUT2D eigenvalue weighted by atomic mass is 35.5. The van der Waals surface area contributed by atoms with Crippen molar-refractivity contribution in [2.45, 2.75) is 18.9 Å². The van der Waals surface area contributed by atoms with Crippen LogP contribution in [0.4, 0.5) is 4.39 Å². The molecule has 2 fully saturated rings. The molecule has 0 spiro atoms. The average molecular weight is 490 g/mol. The van der Waals surface area contributed by atoms with Crippen LogP contribution in [0.3, 0.4) is 0 Å². The summed E-state index contributed by atoms with van der Waals surface area (Å²) in [6.07, 6.45) is 1.82. The van der Waals surface area contributed by atoms with Crippen LogP contribution in [0.2, 0.25) is 5.02 Å². The second-order valence-corrected chi connectivity index (χ2v) is 8.95. The highest BCUT2D eigenvalue weighted by Crippen LogP contribution is 2.38. The number of methoxy groups -OCH3 is 2. The molecule has 2 aromatic carbocycles. The maximum atomic E-state index is 13.3. The number of likely N-dealkylation sites (tertiary alicyclic amines) is 1. The molecule has 1 unspecified atom stereocenters. The third-order valence-electron chi connectivity index (χ3n) is 6.55. The summed E-state index contributed by atoms with van der Waals surface area (Å²) in [4.78, 5) is 31.7. The highest BCUT2D eigenvalue weighted by molar-refractivity contribution is 6.33. The molecule has 2 amide bonds. The van der Waals surface area contributed by atoms with Crippen LogP contribution in [0.5, 0.6) is 11.5 Å². The van der Waals surface area contributed by atoms with Gasteiger partial charge in [0.05, 0.1) is 37.4 Å². The summed E-state index contributed by atoms with van der Waals surface area (Å²) >= 11 is 6.05. The van der Waals surface area contributed by atoms with E-state index in [0.717, 1.165) is 30.2 Å². The largest absolute Gasteiger partial charge is 0.497 e. The second-order valence-electron chi connectivity index (χ2n) is 8.55. The fourth-order valence-electron chi connectivity index (χ4n) is 4.71. The van der Waals surface area contributed by atoms with Crippen molar-refractivity contribution in [2.24, 2.45) is 0 Å². The van der Waals surface area contributed by atoms with Gasteiger partial charge in [-0.15, -0.1) is 0 Å². The first-order valence-electron chi connectivity index (χ1n) is 11.4. The van der Waals surface area contributed by atoms with Crippen molar-refractivity contribution >= 4 is 23.4 Å². The molecule has 1 atom stereocenters. The maximum absolute atomic E-state index is 13.3. The van der Waals surface area contributed by atoms with Crippen molar-refractivity contribution in [3.05, 3.63) is 58.4 Å². The average Bonchev–Trinajstić information content (AvgIpc) is 3.33. The standard InChI is InChI=1S/C25H29ClFN3O4/c1-33-18-6-8-20(23(15-18)34-2)22-4-3-9-30(22)24(31)16-28-10-12-29(13-11-28)25(32)19-7-5-17(27)14-21(19)26/h5-8,14-15,22H,3-4,9-13,16H2,1-2H3. The second kappa shape index (κ2) is 10.6. The molecule has 4 rings (SSSR count). The van der Waals surface area contributed by atoms with Crippen molar-refractivity contribution in [3.8, 4) is 11.5 Å². The van der Waals surface area contributed by atoms with Gasteiger partial charge in [0.2, 0.25) is 5.91 Å². The van der Waals surface area contributed by atoms with Gasteiger partial charge in [0.25, 0.3) is 5.91 Å². The predicted octanol–water partition coefficient (Wildman–Crippen LogP) is 3.62. The van der Waals surface area contributed by atoms with E-state index in [1.165, 1.54) is 12.1 Å². The molecule has 2 aromatic rings. The third kappa shape index (κ3) is 5.13. The summed E-state index contributed by atoms with van der Waals surface area (Å²) in [5.41, 5.74) is 1.28. The van der Waals surface area contributed by atoms with Crippen LogP contribution in [0.1, 0.15) is 34.8 Å². The monoisotopic (exact) mass is 489 g/mol. The molecular weight excluding hydrogens is 461 g/mol. The number of piperazine rings is 1. The van der Waals surface area contributed by atoms with E-state index in [0.29, 0.717) is 50.6 Å². The van der Waals surface area contributed by atoms with Crippen LogP contribution in [0.25, 0.3) is 0 Å². The number of ether oxygens (including phenoxy) is 2. The quantitative estimate of drug-likeness (QED) is 0.620. The highest BCUT2D eigenvalue weighted by Gasteiger charge is 2.33. The maximum Gasteiger partial charge on any atom is 0.255 e. The van der Waals surface area contributed by atoms with Crippen LogP contribution in [0.15, 0.2) is 36.4 Å². The summed E-state index contributed by atoms with van der Waals surface area (Å²) in [5, 5.41) is 0.108. The first-order chi connectivity index (χ1) is 16.4. The molecule has 0 aromatic heterocycles. The van der Waals surface area contributed by atoms with Crippen LogP contribution in [-0.4, -0.2) is 80.0 Å². The summed E-state index contributed by atoms with van der Waals surface area (Å²) in [7, 11) is 3.24. The van der Waals surface area contributed by atoms with E-state index in [1.807, 2.05) is 23.1 Å². The van der Waals surface area contributed by atoms with E-state index in [9.17, 15) is 14.0 Å². The number of carbonyl (C=O) groups excluding carboxylic acids is 2. The first kappa shape index (κ1) is 24.3. The summed E-state index contributed by atoms with van der Waals surface area (Å²) < 4.78 is 24.2. The van der Waals surface area contributed by atoms with Gasteiger partial charge in [0.1, 0.15) is 17.3 Å². The molecule has 182 valence electrons. The van der Waals surface area contributed by atoms with Gasteiger partial charge >= 0.3 is 0 Å². The lowest BCUT2D eigenvalue weighted by molar-refractivity contribution is -0.133. The van der Waals surface area contributed by atoms with Crippen molar-refractivity contribution < 1.29 is 23.5 Å². The third-order valence-corrected chi connectivity index (χ3v) is 6.87. The predicted molar refractivity (Wildman–Crippen MR) is 127 cm³/mol. The fraction of sp³-hybridized carbons (Fsp3) is 0.440. The minimum atomic E-state index is -0.475. The Kier molecular flexibility index (Phi) is 7.58. The van der Waals surface area contributed by atoms with Gasteiger partial charge in [-0.2, -0.15) is 0 Å². The van der Waals surface area contributed by atoms with Crippen LogP contribution in [0, 0.1) is 5.82 Å². The number of nitrogens with zero attached hydrogens (tertiary/aromatic N) is 3. The topological polar surface area (TPSA) is 62.3 Å². The lowest BCUT2D eigenvalue weighted by Crippen LogP contribution is -2.51. The van der Waals surface area contributed by atoms with E-state index >= 15 is 0 Å². The summed E-state index contributed by atoms with van der Waals surface area (Å²) in [6, 6.07) is 9.47. The van der Waals surface area contributed by atoms with Crippen LogP contribution < -0.4 is 9.47 Å². The zero-order valence-corrected chi connectivity index (χ0v) is 20.2. The van der Waals surface area contributed by atoms with E-state index < -0.39 is 5.82 Å². The number of carbonyl (C=O) groups is 2. The fourth-order valence-corrected chi connectivity index (χ4v) is 4.95. The van der Waals surface area contributed by atoms with Gasteiger partial charge in [0, 0.05) is 44.4 Å². The van der Waals surface area contributed by atoms with E-state index in [-0.39, 0.29) is 22.9 Å². The molecule has 0 radical (unpaired) electrons. The van der Waals surface area contributed by atoms with Gasteiger partial charge in [-0.3, -0.25) is 14.5 Å². The zero-order valence-electron chi connectivity index (χ0n) is 19.4. The number of benzene rings is 2. The molecule has 2 saturated heterocycles. The smallest absolute Gasteiger partial charge is 0.255 e. The van der Waals surface area contributed by atoms with Gasteiger partial charge in [-0.05, 0) is 43.2 Å². The molecule has 34 heavy (non-hydrogen) atoms. The van der Waals surface area contributed by atoms with Crippen LogP contribution >= 0.6 is 11.6 Å². The zero-order chi connectivity index (χ0) is 24.2. The Labute approximate surface area is 204 Å².